The van der Waals surface area contributed by atoms with E-state index < -0.39 is 0 Å². The number of unbranched alkanes of at least 4 members (excludes halogenated alkanes) is 8. The minimum atomic E-state index is 0.427. The maximum atomic E-state index is 11.6. The summed E-state index contributed by atoms with van der Waals surface area (Å²) in [6.45, 7) is 2.63. The summed E-state index contributed by atoms with van der Waals surface area (Å²) in [5, 5.41) is 8.13. The van der Waals surface area contributed by atoms with Crippen molar-refractivity contribution in [2.75, 3.05) is 6.61 Å². The number of rotatable bonds is 14. The molecule has 18 heavy (non-hydrogen) atoms. The molecule has 0 amide bonds. The number of ketones is 1. The van der Waals surface area contributed by atoms with Crippen LogP contribution in [0.2, 0.25) is 0 Å². The summed E-state index contributed by atoms with van der Waals surface area (Å²) in [4.78, 5) is 15.6. The Bertz CT molecular complexity index is 181. The highest BCUT2D eigenvalue weighted by molar-refractivity contribution is 5.78. The third-order valence-corrected chi connectivity index (χ3v) is 3.25. The Hall–Kier alpha value is -0.410. The fourth-order valence-corrected chi connectivity index (χ4v) is 2.07. The molecule has 0 radical (unpaired) electrons. The summed E-state index contributed by atoms with van der Waals surface area (Å²) in [5.41, 5.74) is 0. The third-order valence-electron chi connectivity index (χ3n) is 3.25. The van der Waals surface area contributed by atoms with E-state index in [-0.39, 0.29) is 0 Å². The molecular weight excluding hydrogens is 228 g/mol. The van der Waals surface area contributed by atoms with Gasteiger partial charge >= 0.3 is 0 Å². The van der Waals surface area contributed by atoms with Crippen LogP contribution in [0.3, 0.4) is 0 Å². The fourth-order valence-electron chi connectivity index (χ4n) is 2.07. The largest absolute Gasteiger partial charge is 0.300 e. The van der Waals surface area contributed by atoms with E-state index in [9.17, 15) is 4.79 Å². The Morgan fingerprint density at radius 3 is 1.89 bits per heavy atom. The predicted octanol–water partition coefficient (Wildman–Crippen LogP) is 4.75. The molecule has 0 saturated carbocycles. The molecule has 1 N–H and O–H groups in total. The Kier molecular flexibility index (Phi) is 14.3. The first-order valence-corrected chi connectivity index (χ1v) is 7.59. The average molecular weight is 258 g/mol. The number of Topliss-reactive ketones (excluding diaryl/α,β-unsaturated/α-hetero) is 1. The van der Waals surface area contributed by atoms with Crippen molar-refractivity contribution in [2.24, 2.45) is 0 Å². The van der Waals surface area contributed by atoms with E-state index in [2.05, 4.69) is 11.8 Å². The predicted molar refractivity (Wildman–Crippen MR) is 74.7 cm³/mol. The summed E-state index contributed by atoms with van der Waals surface area (Å²) in [5.74, 6) is 0.435. The Labute approximate surface area is 112 Å². The standard InChI is InChI=1S/C15H30O3/c1-2-3-4-6-9-12-15(16)13-10-7-5-8-11-14-18-17/h17H,2-14H2,1H3. The number of hydrogen-bond donors (Lipinski definition) is 1. The van der Waals surface area contributed by atoms with Crippen LogP contribution in [-0.2, 0) is 9.68 Å². The molecule has 0 atom stereocenters. The van der Waals surface area contributed by atoms with Gasteiger partial charge in [-0.05, 0) is 19.3 Å². The van der Waals surface area contributed by atoms with Gasteiger partial charge in [0.2, 0.25) is 0 Å². The number of hydrogen-bond acceptors (Lipinski definition) is 3. The summed E-state index contributed by atoms with van der Waals surface area (Å²) in [6.07, 6.45) is 12.9. The van der Waals surface area contributed by atoms with E-state index in [1.807, 2.05) is 0 Å². The molecule has 0 aliphatic heterocycles. The van der Waals surface area contributed by atoms with Crippen molar-refractivity contribution < 1.29 is 14.9 Å². The van der Waals surface area contributed by atoms with E-state index in [0.717, 1.165) is 51.4 Å². The lowest BCUT2D eigenvalue weighted by Crippen LogP contribution is -1.97. The number of carbonyl (C=O) groups is 1. The first-order chi connectivity index (χ1) is 8.81. The van der Waals surface area contributed by atoms with Crippen molar-refractivity contribution >= 4 is 5.78 Å². The minimum Gasteiger partial charge on any atom is -0.300 e. The van der Waals surface area contributed by atoms with Gasteiger partial charge in [0.05, 0.1) is 6.61 Å². The van der Waals surface area contributed by atoms with E-state index in [1.54, 1.807) is 0 Å². The van der Waals surface area contributed by atoms with Gasteiger partial charge in [-0.15, -0.1) is 0 Å². The van der Waals surface area contributed by atoms with Crippen LogP contribution in [0.25, 0.3) is 0 Å². The molecule has 3 nitrogen and oxygen atoms in total. The minimum absolute atomic E-state index is 0.427. The number of carbonyl (C=O) groups excluding carboxylic acids is 1. The van der Waals surface area contributed by atoms with Gasteiger partial charge in [0.25, 0.3) is 0 Å². The highest BCUT2D eigenvalue weighted by Gasteiger charge is 2.01. The lowest BCUT2D eigenvalue weighted by molar-refractivity contribution is -0.242. The highest BCUT2D eigenvalue weighted by atomic mass is 17.1. The first kappa shape index (κ1) is 17.6. The van der Waals surface area contributed by atoms with E-state index in [4.69, 9.17) is 5.26 Å². The van der Waals surface area contributed by atoms with Crippen molar-refractivity contribution in [3.63, 3.8) is 0 Å². The Morgan fingerprint density at radius 1 is 0.833 bits per heavy atom. The van der Waals surface area contributed by atoms with Crippen LogP contribution in [0.15, 0.2) is 0 Å². The lowest BCUT2D eigenvalue weighted by atomic mass is 10.0. The van der Waals surface area contributed by atoms with Crippen molar-refractivity contribution in [2.45, 2.75) is 84.0 Å². The van der Waals surface area contributed by atoms with Gasteiger partial charge in [-0.1, -0.05) is 51.9 Å². The molecule has 0 bridgehead atoms. The van der Waals surface area contributed by atoms with Crippen molar-refractivity contribution in [1.29, 1.82) is 0 Å². The lowest BCUT2D eigenvalue weighted by Gasteiger charge is -2.02. The third kappa shape index (κ3) is 13.7. The first-order valence-electron chi connectivity index (χ1n) is 7.59. The monoisotopic (exact) mass is 258 g/mol. The van der Waals surface area contributed by atoms with Crippen LogP contribution in [-0.4, -0.2) is 17.6 Å². The topological polar surface area (TPSA) is 46.5 Å². The van der Waals surface area contributed by atoms with E-state index in [0.29, 0.717) is 12.4 Å². The quantitative estimate of drug-likeness (QED) is 0.278. The molecule has 0 heterocycles. The average Bonchev–Trinajstić information content (AvgIpc) is 2.37. The smallest absolute Gasteiger partial charge is 0.132 e. The van der Waals surface area contributed by atoms with Crippen LogP contribution >= 0.6 is 0 Å². The summed E-state index contributed by atoms with van der Waals surface area (Å²) >= 11 is 0. The molecule has 0 saturated heterocycles. The zero-order valence-electron chi connectivity index (χ0n) is 12.0. The van der Waals surface area contributed by atoms with Crippen molar-refractivity contribution in [3.8, 4) is 0 Å². The van der Waals surface area contributed by atoms with Crippen LogP contribution in [0, 0.1) is 0 Å². The highest BCUT2D eigenvalue weighted by Crippen LogP contribution is 2.10. The molecule has 0 aromatic carbocycles. The van der Waals surface area contributed by atoms with Crippen LogP contribution in [0.5, 0.6) is 0 Å². The van der Waals surface area contributed by atoms with Gasteiger partial charge in [-0.3, -0.25) is 10.1 Å². The maximum Gasteiger partial charge on any atom is 0.132 e. The van der Waals surface area contributed by atoms with Gasteiger partial charge in [0.15, 0.2) is 0 Å². The second-order valence-corrected chi connectivity index (χ2v) is 5.05. The molecule has 0 aliphatic carbocycles. The van der Waals surface area contributed by atoms with Gasteiger partial charge in [0.1, 0.15) is 5.78 Å². The molecule has 0 aromatic rings. The zero-order valence-corrected chi connectivity index (χ0v) is 12.0. The SMILES string of the molecule is CCCCCCCC(=O)CCCCCCCOO. The molecular formula is C15H30O3. The normalized spacial score (nSPS) is 10.8. The fraction of sp³-hybridized carbons (Fsp3) is 0.933. The summed E-state index contributed by atoms with van der Waals surface area (Å²) < 4.78 is 0. The van der Waals surface area contributed by atoms with Gasteiger partial charge in [0, 0.05) is 12.8 Å². The molecule has 0 aromatic heterocycles. The van der Waals surface area contributed by atoms with Crippen LogP contribution in [0.4, 0.5) is 0 Å². The molecule has 0 aliphatic rings. The molecule has 0 fully saturated rings. The Balaban J connectivity index is 3.12. The molecule has 0 rings (SSSR count). The van der Waals surface area contributed by atoms with Crippen LogP contribution < -0.4 is 0 Å². The van der Waals surface area contributed by atoms with E-state index >= 15 is 0 Å². The second-order valence-electron chi connectivity index (χ2n) is 5.05. The Morgan fingerprint density at radius 2 is 1.33 bits per heavy atom. The second kappa shape index (κ2) is 14.7. The molecule has 0 unspecified atom stereocenters. The summed E-state index contributed by atoms with van der Waals surface area (Å²) in [7, 11) is 0. The summed E-state index contributed by atoms with van der Waals surface area (Å²) in [6, 6.07) is 0. The van der Waals surface area contributed by atoms with Gasteiger partial charge < -0.3 is 0 Å². The van der Waals surface area contributed by atoms with E-state index in [1.165, 1.54) is 25.7 Å². The van der Waals surface area contributed by atoms with Gasteiger partial charge in [-0.25, -0.2) is 4.89 Å². The molecule has 0 spiro atoms. The van der Waals surface area contributed by atoms with Crippen LogP contribution in [0.1, 0.15) is 84.0 Å². The van der Waals surface area contributed by atoms with Crippen molar-refractivity contribution in [3.05, 3.63) is 0 Å². The molecule has 3 heteroatoms. The molecule has 108 valence electrons. The van der Waals surface area contributed by atoms with Gasteiger partial charge in [-0.2, -0.15) is 0 Å². The zero-order chi connectivity index (χ0) is 13.5. The van der Waals surface area contributed by atoms with Crippen molar-refractivity contribution in [1.82, 2.24) is 0 Å². The maximum absolute atomic E-state index is 11.6.